The Morgan fingerprint density at radius 2 is 2.22 bits per heavy atom. The smallest absolute Gasteiger partial charge is 0.251 e. The zero-order valence-electron chi connectivity index (χ0n) is 16.3. The minimum Gasteiger partial charge on any atom is -0.352 e. The zero-order chi connectivity index (χ0) is 19.2. The number of hydrogen-bond donors (Lipinski definition) is 2. The molecule has 1 fully saturated rings. The third-order valence-electron chi connectivity index (χ3n) is 4.87. The van der Waals surface area contributed by atoms with Crippen molar-refractivity contribution in [3.05, 3.63) is 53.3 Å². The summed E-state index contributed by atoms with van der Waals surface area (Å²) in [7, 11) is 3.76. The lowest BCUT2D eigenvalue weighted by molar-refractivity contribution is 0.0955. The fourth-order valence-electron chi connectivity index (χ4n) is 3.47. The van der Waals surface area contributed by atoms with Gasteiger partial charge in [-0.1, -0.05) is 12.1 Å². The van der Waals surface area contributed by atoms with E-state index in [9.17, 15) is 4.79 Å². The van der Waals surface area contributed by atoms with Gasteiger partial charge in [0, 0.05) is 58.0 Å². The summed E-state index contributed by atoms with van der Waals surface area (Å²) in [6, 6.07) is 7.69. The highest BCUT2D eigenvalue weighted by molar-refractivity contribution is 5.94. The van der Waals surface area contributed by atoms with Crippen LogP contribution in [0, 0.1) is 0 Å². The quantitative estimate of drug-likeness (QED) is 0.623. The first-order chi connectivity index (χ1) is 13.1. The molecule has 2 heterocycles. The van der Waals surface area contributed by atoms with E-state index in [0.717, 1.165) is 31.0 Å². The maximum Gasteiger partial charge on any atom is 0.251 e. The summed E-state index contributed by atoms with van der Waals surface area (Å²) in [5.74, 6) is 1.34. The number of carbonyl (C=O) groups excluding carboxylic acids is 1. The van der Waals surface area contributed by atoms with Gasteiger partial charge in [-0.05, 0) is 36.6 Å². The lowest BCUT2D eigenvalue weighted by Crippen LogP contribution is -2.39. The number of benzene rings is 1. The molecular formula is C20H28N6O. The van der Waals surface area contributed by atoms with Crippen molar-refractivity contribution < 1.29 is 4.79 Å². The number of nitrogens with one attached hydrogen (secondary N) is 2. The highest BCUT2D eigenvalue weighted by Crippen LogP contribution is 2.26. The van der Waals surface area contributed by atoms with Gasteiger partial charge in [-0.3, -0.25) is 14.5 Å². The van der Waals surface area contributed by atoms with Crippen molar-refractivity contribution in [3.8, 4) is 0 Å². The molecule has 1 unspecified atom stereocenters. The number of aryl methyl sites for hydroxylation is 1. The van der Waals surface area contributed by atoms with E-state index >= 15 is 0 Å². The van der Waals surface area contributed by atoms with Crippen molar-refractivity contribution in [2.45, 2.75) is 25.8 Å². The van der Waals surface area contributed by atoms with Gasteiger partial charge in [0.15, 0.2) is 5.96 Å². The molecule has 1 aliphatic rings. The number of aliphatic imine (C=N–C) groups is 1. The normalized spacial score (nSPS) is 17.2. The number of aromatic nitrogens is 2. The Hall–Kier alpha value is -2.83. The number of carbonyl (C=O) groups is 1. The molecule has 2 aromatic rings. The van der Waals surface area contributed by atoms with Crippen LogP contribution in [0.5, 0.6) is 0 Å². The van der Waals surface area contributed by atoms with Crippen molar-refractivity contribution in [1.82, 2.24) is 25.3 Å². The van der Waals surface area contributed by atoms with Crippen LogP contribution in [0.2, 0.25) is 0 Å². The van der Waals surface area contributed by atoms with Crippen LogP contribution in [0.25, 0.3) is 0 Å². The third kappa shape index (κ3) is 4.67. The molecule has 0 radical (unpaired) electrons. The minimum absolute atomic E-state index is 0.0393. The second-order valence-electron chi connectivity index (χ2n) is 6.84. The molecule has 0 spiro atoms. The van der Waals surface area contributed by atoms with Gasteiger partial charge in [-0.2, -0.15) is 5.10 Å². The standard InChI is InChI=1S/C20H28N6O/c1-4-22-19(27)16-7-5-6-15(10-16)11-23-20(21-2)26-9-8-17(14-26)18-12-24-25(3)13-18/h5-7,10,12-13,17H,4,8-9,11,14H2,1-3H3,(H,21,23)(H,22,27). The van der Waals surface area contributed by atoms with Crippen molar-refractivity contribution in [3.63, 3.8) is 0 Å². The topological polar surface area (TPSA) is 74.6 Å². The van der Waals surface area contributed by atoms with Crippen molar-refractivity contribution in [2.75, 3.05) is 26.7 Å². The van der Waals surface area contributed by atoms with E-state index in [2.05, 4.69) is 31.8 Å². The predicted octanol–water partition coefficient (Wildman–Crippen LogP) is 1.73. The molecule has 0 saturated carbocycles. The van der Waals surface area contributed by atoms with E-state index in [4.69, 9.17) is 0 Å². The molecule has 7 nitrogen and oxygen atoms in total. The molecule has 1 aliphatic heterocycles. The molecular weight excluding hydrogens is 340 g/mol. The van der Waals surface area contributed by atoms with Crippen LogP contribution in [-0.4, -0.2) is 53.2 Å². The van der Waals surface area contributed by atoms with E-state index < -0.39 is 0 Å². The minimum atomic E-state index is -0.0393. The van der Waals surface area contributed by atoms with Crippen LogP contribution < -0.4 is 10.6 Å². The van der Waals surface area contributed by atoms with Gasteiger partial charge in [0.05, 0.1) is 6.20 Å². The molecule has 1 atom stereocenters. The fraction of sp³-hybridized carbons (Fsp3) is 0.450. The molecule has 27 heavy (non-hydrogen) atoms. The molecule has 2 N–H and O–H groups in total. The molecule has 0 bridgehead atoms. The number of amides is 1. The van der Waals surface area contributed by atoms with Crippen LogP contribution in [-0.2, 0) is 13.6 Å². The predicted molar refractivity (Wildman–Crippen MR) is 107 cm³/mol. The number of hydrogen-bond acceptors (Lipinski definition) is 3. The number of likely N-dealkylation sites (tertiary alicyclic amines) is 1. The maximum atomic E-state index is 12.0. The van der Waals surface area contributed by atoms with E-state index in [0.29, 0.717) is 24.6 Å². The highest BCUT2D eigenvalue weighted by atomic mass is 16.1. The molecule has 0 aliphatic carbocycles. The van der Waals surface area contributed by atoms with Crippen LogP contribution in [0.3, 0.4) is 0 Å². The first-order valence-electron chi connectivity index (χ1n) is 9.42. The van der Waals surface area contributed by atoms with Crippen molar-refractivity contribution in [2.24, 2.45) is 12.0 Å². The number of rotatable bonds is 5. The van der Waals surface area contributed by atoms with Crippen molar-refractivity contribution >= 4 is 11.9 Å². The van der Waals surface area contributed by atoms with Crippen LogP contribution >= 0.6 is 0 Å². The highest BCUT2D eigenvalue weighted by Gasteiger charge is 2.26. The maximum absolute atomic E-state index is 12.0. The molecule has 1 aromatic heterocycles. The van der Waals surface area contributed by atoms with E-state index in [1.54, 1.807) is 0 Å². The largest absolute Gasteiger partial charge is 0.352 e. The van der Waals surface area contributed by atoms with Crippen LogP contribution in [0.15, 0.2) is 41.7 Å². The third-order valence-corrected chi connectivity index (χ3v) is 4.87. The fourth-order valence-corrected chi connectivity index (χ4v) is 3.47. The molecule has 3 rings (SSSR count). The monoisotopic (exact) mass is 368 g/mol. The van der Waals surface area contributed by atoms with Crippen LogP contribution in [0.1, 0.15) is 40.7 Å². The Balaban J connectivity index is 1.58. The SMILES string of the molecule is CCNC(=O)c1cccc(CNC(=NC)N2CCC(c3cnn(C)c3)C2)c1. The molecule has 144 valence electrons. The van der Waals surface area contributed by atoms with Gasteiger partial charge in [0.1, 0.15) is 0 Å². The lowest BCUT2D eigenvalue weighted by Gasteiger charge is -2.21. The Bertz CT molecular complexity index is 812. The Morgan fingerprint density at radius 1 is 1.37 bits per heavy atom. The molecule has 1 saturated heterocycles. The summed E-state index contributed by atoms with van der Waals surface area (Å²) in [6.45, 7) is 5.08. The molecule has 1 aromatic carbocycles. The van der Waals surface area contributed by atoms with Crippen molar-refractivity contribution in [1.29, 1.82) is 0 Å². The Kier molecular flexibility index (Phi) is 6.11. The zero-order valence-corrected chi connectivity index (χ0v) is 16.3. The molecule has 7 heteroatoms. The number of nitrogens with zero attached hydrogens (tertiary/aromatic N) is 4. The second kappa shape index (κ2) is 8.70. The first-order valence-corrected chi connectivity index (χ1v) is 9.42. The summed E-state index contributed by atoms with van der Waals surface area (Å²) in [5.41, 5.74) is 3.02. The van der Waals surface area contributed by atoms with Gasteiger partial charge >= 0.3 is 0 Å². The summed E-state index contributed by atoms with van der Waals surface area (Å²) in [4.78, 5) is 18.7. The lowest BCUT2D eigenvalue weighted by atomic mass is 10.0. The summed E-state index contributed by atoms with van der Waals surface area (Å²) >= 11 is 0. The summed E-state index contributed by atoms with van der Waals surface area (Å²) < 4.78 is 1.85. The van der Waals surface area contributed by atoms with E-state index in [1.807, 2.05) is 56.2 Å². The van der Waals surface area contributed by atoms with E-state index in [1.165, 1.54) is 5.56 Å². The average Bonchev–Trinajstić information content (AvgIpc) is 3.32. The van der Waals surface area contributed by atoms with Crippen LogP contribution in [0.4, 0.5) is 0 Å². The average molecular weight is 368 g/mol. The van der Waals surface area contributed by atoms with Gasteiger partial charge < -0.3 is 15.5 Å². The van der Waals surface area contributed by atoms with Gasteiger partial charge in [0.25, 0.3) is 5.91 Å². The Morgan fingerprint density at radius 3 is 2.93 bits per heavy atom. The van der Waals surface area contributed by atoms with Gasteiger partial charge in [0.2, 0.25) is 0 Å². The van der Waals surface area contributed by atoms with Gasteiger partial charge in [-0.15, -0.1) is 0 Å². The summed E-state index contributed by atoms with van der Waals surface area (Å²) in [6.07, 6.45) is 5.15. The first kappa shape index (κ1) is 18.9. The second-order valence-corrected chi connectivity index (χ2v) is 6.84. The summed E-state index contributed by atoms with van der Waals surface area (Å²) in [5, 5.41) is 10.5. The molecule has 1 amide bonds. The van der Waals surface area contributed by atoms with E-state index in [-0.39, 0.29) is 5.91 Å². The Labute approximate surface area is 160 Å². The number of guanidine groups is 1. The van der Waals surface area contributed by atoms with Gasteiger partial charge in [-0.25, -0.2) is 0 Å².